The van der Waals surface area contributed by atoms with E-state index in [9.17, 15) is 4.79 Å². The second-order valence-electron chi connectivity index (χ2n) is 6.67. The van der Waals surface area contributed by atoms with Crippen LogP contribution in [0.5, 0.6) is 5.75 Å². The fraction of sp³-hybridized carbons (Fsp3) is 0.611. The molecule has 4 nitrogen and oxygen atoms in total. The molecule has 2 rings (SSSR count). The smallest absolute Gasteiger partial charge is 0.335 e. The molecule has 0 amide bonds. The predicted octanol–water partition coefficient (Wildman–Crippen LogP) is 3.30. The van der Waals surface area contributed by atoms with Gasteiger partial charge in [0.15, 0.2) is 6.10 Å². The first kappa shape index (κ1) is 16.8. The number of aryl methyl sites for hydroxylation is 2. The number of hydrogen-bond acceptors (Lipinski definition) is 4. The van der Waals surface area contributed by atoms with Crippen molar-refractivity contribution in [2.24, 2.45) is 0 Å². The minimum absolute atomic E-state index is 0.309. The molecule has 0 fully saturated rings. The van der Waals surface area contributed by atoms with Gasteiger partial charge in [0.1, 0.15) is 5.75 Å². The van der Waals surface area contributed by atoms with Gasteiger partial charge in [0, 0.05) is 0 Å². The maximum Gasteiger partial charge on any atom is 0.335 e. The number of esters is 1. The molecule has 1 aromatic rings. The van der Waals surface area contributed by atoms with Crippen molar-refractivity contribution >= 4 is 5.97 Å². The van der Waals surface area contributed by atoms with Gasteiger partial charge in [-0.1, -0.05) is 12.1 Å². The fourth-order valence-corrected chi connectivity index (χ4v) is 2.65. The molecule has 122 valence electrons. The van der Waals surface area contributed by atoms with E-state index in [-0.39, 0.29) is 11.6 Å². The Balaban J connectivity index is 2.01. The molecule has 0 aliphatic carbocycles. The van der Waals surface area contributed by atoms with Crippen LogP contribution in [0, 0.1) is 0 Å². The van der Waals surface area contributed by atoms with Gasteiger partial charge in [-0.2, -0.15) is 0 Å². The summed E-state index contributed by atoms with van der Waals surface area (Å²) in [6.07, 6.45) is 2.99. The zero-order chi connectivity index (χ0) is 16.2. The second kappa shape index (κ2) is 7.14. The minimum atomic E-state index is -0.530. The van der Waals surface area contributed by atoms with Crippen LogP contribution in [0.3, 0.4) is 0 Å². The molecule has 0 spiro atoms. The minimum Gasteiger partial charge on any atom is -0.493 e. The molecule has 0 radical (unpaired) electrons. The average Bonchev–Trinajstić information content (AvgIpc) is 2.49. The van der Waals surface area contributed by atoms with Gasteiger partial charge in [-0.05, 0) is 63.6 Å². The predicted molar refractivity (Wildman–Crippen MR) is 85.2 cm³/mol. The van der Waals surface area contributed by atoms with Crippen molar-refractivity contribution in [3.8, 4) is 5.75 Å². The third kappa shape index (κ3) is 4.73. The Labute approximate surface area is 132 Å². The van der Waals surface area contributed by atoms with Crippen LogP contribution in [0.2, 0.25) is 0 Å². The highest BCUT2D eigenvalue weighted by Crippen LogP contribution is 2.26. The summed E-state index contributed by atoms with van der Waals surface area (Å²) >= 11 is 0. The summed E-state index contributed by atoms with van der Waals surface area (Å²) in [6.45, 7) is 6.63. The zero-order valence-corrected chi connectivity index (χ0v) is 14.0. The molecule has 1 aliphatic heterocycles. The van der Waals surface area contributed by atoms with Gasteiger partial charge in [0.05, 0.1) is 19.3 Å². The summed E-state index contributed by atoms with van der Waals surface area (Å²) < 4.78 is 16.3. The Morgan fingerprint density at radius 1 is 1.36 bits per heavy atom. The number of benzene rings is 1. The SMILES string of the molecule is COC(=O)C(CCc1ccc2c(c1)CCCO2)OC(C)(C)C. The van der Waals surface area contributed by atoms with Crippen molar-refractivity contribution in [3.05, 3.63) is 29.3 Å². The molecule has 1 atom stereocenters. The Morgan fingerprint density at radius 2 is 2.14 bits per heavy atom. The topological polar surface area (TPSA) is 44.8 Å². The average molecular weight is 306 g/mol. The molecular formula is C18H26O4. The van der Waals surface area contributed by atoms with Crippen molar-refractivity contribution in [2.45, 2.75) is 58.2 Å². The van der Waals surface area contributed by atoms with Crippen LogP contribution in [-0.4, -0.2) is 31.4 Å². The van der Waals surface area contributed by atoms with Gasteiger partial charge in [-0.3, -0.25) is 0 Å². The second-order valence-corrected chi connectivity index (χ2v) is 6.67. The monoisotopic (exact) mass is 306 g/mol. The molecule has 0 saturated carbocycles. The summed E-state index contributed by atoms with van der Waals surface area (Å²) in [5.41, 5.74) is 2.09. The largest absolute Gasteiger partial charge is 0.493 e. The van der Waals surface area contributed by atoms with E-state index < -0.39 is 6.10 Å². The number of carbonyl (C=O) groups is 1. The Kier molecular flexibility index (Phi) is 5.46. The number of methoxy groups -OCH3 is 1. The first-order chi connectivity index (χ1) is 10.4. The van der Waals surface area contributed by atoms with Crippen LogP contribution < -0.4 is 4.74 Å². The van der Waals surface area contributed by atoms with Crippen LogP contribution in [0.4, 0.5) is 0 Å². The molecule has 1 heterocycles. The number of hydrogen-bond donors (Lipinski definition) is 0. The molecule has 1 aromatic carbocycles. The van der Waals surface area contributed by atoms with Gasteiger partial charge in [0.2, 0.25) is 0 Å². The Bertz CT molecular complexity index is 516. The first-order valence-electron chi connectivity index (χ1n) is 7.89. The summed E-state index contributed by atoms with van der Waals surface area (Å²) in [5.74, 6) is 0.682. The number of ether oxygens (including phenoxy) is 3. The van der Waals surface area contributed by atoms with E-state index >= 15 is 0 Å². The van der Waals surface area contributed by atoms with Crippen LogP contribution in [0.1, 0.15) is 44.7 Å². The van der Waals surface area contributed by atoms with Crippen molar-refractivity contribution in [2.75, 3.05) is 13.7 Å². The van der Waals surface area contributed by atoms with Crippen LogP contribution >= 0.6 is 0 Å². The third-order valence-electron chi connectivity index (χ3n) is 3.63. The zero-order valence-electron chi connectivity index (χ0n) is 14.0. The van der Waals surface area contributed by atoms with Gasteiger partial charge in [0.25, 0.3) is 0 Å². The summed E-state index contributed by atoms with van der Waals surface area (Å²) in [6, 6.07) is 6.27. The number of carbonyl (C=O) groups excluding carboxylic acids is 1. The molecule has 1 aliphatic rings. The van der Waals surface area contributed by atoms with Gasteiger partial charge in [-0.15, -0.1) is 0 Å². The molecule has 0 saturated heterocycles. The first-order valence-corrected chi connectivity index (χ1v) is 7.89. The van der Waals surface area contributed by atoms with E-state index in [0.29, 0.717) is 6.42 Å². The normalized spacial score (nSPS) is 15.6. The Morgan fingerprint density at radius 3 is 2.82 bits per heavy atom. The molecule has 0 N–H and O–H groups in total. The van der Waals surface area contributed by atoms with E-state index in [1.807, 2.05) is 26.8 Å². The van der Waals surface area contributed by atoms with Crippen molar-refractivity contribution in [3.63, 3.8) is 0 Å². The molecule has 0 aromatic heterocycles. The van der Waals surface area contributed by atoms with Gasteiger partial charge >= 0.3 is 5.97 Å². The molecule has 1 unspecified atom stereocenters. The molecule has 0 bridgehead atoms. The number of rotatable bonds is 5. The molecular weight excluding hydrogens is 280 g/mol. The lowest BCUT2D eigenvalue weighted by molar-refractivity contribution is -0.164. The van der Waals surface area contributed by atoms with E-state index in [0.717, 1.165) is 31.6 Å². The highest BCUT2D eigenvalue weighted by atomic mass is 16.6. The maximum absolute atomic E-state index is 11.9. The summed E-state index contributed by atoms with van der Waals surface area (Å²) in [7, 11) is 1.40. The van der Waals surface area contributed by atoms with Crippen molar-refractivity contribution < 1.29 is 19.0 Å². The highest BCUT2D eigenvalue weighted by Gasteiger charge is 2.26. The van der Waals surface area contributed by atoms with Crippen LogP contribution in [0.15, 0.2) is 18.2 Å². The summed E-state index contributed by atoms with van der Waals surface area (Å²) in [4.78, 5) is 11.9. The maximum atomic E-state index is 11.9. The van der Waals surface area contributed by atoms with E-state index in [1.54, 1.807) is 0 Å². The van der Waals surface area contributed by atoms with Crippen LogP contribution in [-0.2, 0) is 27.1 Å². The lowest BCUT2D eigenvalue weighted by atomic mass is 9.99. The Hall–Kier alpha value is -1.55. The summed E-state index contributed by atoms with van der Waals surface area (Å²) in [5, 5.41) is 0. The van der Waals surface area contributed by atoms with Gasteiger partial charge < -0.3 is 14.2 Å². The molecule has 4 heteroatoms. The number of fused-ring (bicyclic) bond motifs is 1. The van der Waals surface area contributed by atoms with Crippen LogP contribution in [0.25, 0.3) is 0 Å². The highest BCUT2D eigenvalue weighted by molar-refractivity contribution is 5.74. The fourth-order valence-electron chi connectivity index (χ4n) is 2.65. The molecule has 22 heavy (non-hydrogen) atoms. The standard InChI is InChI=1S/C18H26O4/c1-18(2,3)22-16(17(19)20-4)10-8-13-7-9-15-14(12-13)6-5-11-21-15/h7,9,12,16H,5-6,8,10-11H2,1-4H3. The van der Waals surface area contributed by atoms with E-state index in [2.05, 4.69) is 12.1 Å². The van der Waals surface area contributed by atoms with E-state index in [4.69, 9.17) is 14.2 Å². The van der Waals surface area contributed by atoms with E-state index in [1.165, 1.54) is 18.2 Å². The quantitative estimate of drug-likeness (QED) is 0.783. The van der Waals surface area contributed by atoms with Gasteiger partial charge in [-0.25, -0.2) is 4.79 Å². The lowest BCUT2D eigenvalue weighted by Crippen LogP contribution is -2.34. The third-order valence-corrected chi connectivity index (χ3v) is 3.63. The lowest BCUT2D eigenvalue weighted by Gasteiger charge is -2.26. The van der Waals surface area contributed by atoms with Crippen molar-refractivity contribution in [1.29, 1.82) is 0 Å². The van der Waals surface area contributed by atoms with Crippen molar-refractivity contribution in [1.82, 2.24) is 0 Å².